The second-order valence-corrected chi connectivity index (χ2v) is 5.29. The highest BCUT2D eigenvalue weighted by molar-refractivity contribution is 5.93. The molecule has 6 nitrogen and oxygen atoms in total. The largest absolute Gasteiger partial charge is 0.424 e. The summed E-state index contributed by atoms with van der Waals surface area (Å²) in [5, 5.41) is 6.17. The minimum absolute atomic E-state index is 0. The van der Waals surface area contributed by atoms with Gasteiger partial charge < -0.3 is 15.4 Å². The van der Waals surface area contributed by atoms with Gasteiger partial charge in [0.2, 0.25) is 5.91 Å². The van der Waals surface area contributed by atoms with Crippen molar-refractivity contribution < 1.29 is 9.53 Å². The Morgan fingerprint density at radius 3 is 2.78 bits per heavy atom. The van der Waals surface area contributed by atoms with Crippen LogP contribution in [0.3, 0.4) is 0 Å². The molecule has 3 rings (SSSR count). The third-order valence-corrected chi connectivity index (χ3v) is 3.64. The average molecular weight is 335 g/mol. The quantitative estimate of drug-likeness (QED) is 0.898. The highest BCUT2D eigenvalue weighted by Gasteiger charge is 2.22. The Labute approximate surface area is 141 Å². The number of nitrogens with zero attached hydrogens (tertiary/aromatic N) is 2. The van der Waals surface area contributed by atoms with E-state index in [1.807, 2.05) is 19.1 Å². The van der Waals surface area contributed by atoms with E-state index in [4.69, 9.17) is 4.74 Å². The van der Waals surface area contributed by atoms with Gasteiger partial charge in [0.1, 0.15) is 5.75 Å². The van der Waals surface area contributed by atoms with E-state index in [2.05, 4.69) is 20.6 Å². The Hall–Kier alpha value is -2.18. The summed E-state index contributed by atoms with van der Waals surface area (Å²) in [5.74, 6) is 0.755. The van der Waals surface area contributed by atoms with E-state index in [0.717, 1.165) is 30.8 Å². The molecular weight excluding hydrogens is 316 g/mol. The maximum atomic E-state index is 12.1. The molecule has 0 bridgehead atoms. The number of rotatable bonds is 4. The van der Waals surface area contributed by atoms with Crippen LogP contribution in [-0.2, 0) is 4.79 Å². The van der Waals surface area contributed by atoms with Crippen molar-refractivity contribution in [1.29, 1.82) is 0 Å². The van der Waals surface area contributed by atoms with Crippen molar-refractivity contribution in [2.75, 3.05) is 18.4 Å². The molecule has 0 aliphatic carbocycles. The number of ether oxygens (including phenoxy) is 1. The molecule has 0 saturated carbocycles. The van der Waals surface area contributed by atoms with Crippen LogP contribution >= 0.6 is 12.4 Å². The van der Waals surface area contributed by atoms with Gasteiger partial charge in [-0.25, -0.2) is 9.97 Å². The van der Waals surface area contributed by atoms with Crippen LogP contribution in [-0.4, -0.2) is 29.0 Å². The molecule has 1 atom stereocenters. The lowest BCUT2D eigenvalue weighted by molar-refractivity contribution is -0.119. The molecule has 1 aromatic heterocycles. The summed E-state index contributed by atoms with van der Waals surface area (Å²) in [4.78, 5) is 20.2. The second kappa shape index (κ2) is 7.89. The highest BCUT2D eigenvalue weighted by Crippen LogP contribution is 2.25. The predicted octanol–water partition coefficient (Wildman–Crippen LogP) is 2.55. The summed E-state index contributed by atoms with van der Waals surface area (Å²) in [7, 11) is 0. The summed E-state index contributed by atoms with van der Waals surface area (Å²) in [6.07, 6.45) is 4.14. The van der Waals surface area contributed by atoms with Gasteiger partial charge in [0.05, 0.1) is 5.92 Å². The predicted molar refractivity (Wildman–Crippen MR) is 90.1 cm³/mol. The van der Waals surface area contributed by atoms with Crippen LogP contribution in [0.5, 0.6) is 11.8 Å². The number of carbonyl (C=O) groups excluding carboxylic acids is 1. The number of hydrogen-bond donors (Lipinski definition) is 2. The van der Waals surface area contributed by atoms with Gasteiger partial charge >= 0.3 is 6.01 Å². The number of carbonyl (C=O) groups is 1. The summed E-state index contributed by atoms with van der Waals surface area (Å²) in [6, 6.07) is 7.53. The van der Waals surface area contributed by atoms with E-state index in [9.17, 15) is 4.79 Å². The average Bonchev–Trinajstić information content (AvgIpc) is 3.05. The summed E-state index contributed by atoms with van der Waals surface area (Å²) < 4.78 is 5.57. The van der Waals surface area contributed by atoms with Gasteiger partial charge in [-0.05, 0) is 49.7 Å². The molecule has 122 valence electrons. The number of nitrogens with one attached hydrogen (secondary N) is 2. The third kappa shape index (κ3) is 4.40. The van der Waals surface area contributed by atoms with Gasteiger partial charge in [-0.15, -0.1) is 12.4 Å². The number of aromatic nitrogens is 2. The molecule has 0 spiro atoms. The molecule has 1 aromatic carbocycles. The normalized spacial score (nSPS) is 16.5. The Morgan fingerprint density at radius 2 is 2.13 bits per heavy atom. The zero-order chi connectivity index (χ0) is 15.4. The number of halogens is 1. The summed E-state index contributed by atoms with van der Waals surface area (Å²) in [6.45, 7) is 3.58. The van der Waals surface area contributed by atoms with Gasteiger partial charge in [0, 0.05) is 24.6 Å². The molecule has 1 saturated heterocycles. The van der Waals surface area contributed by atoms with Crippen LogP contribution in [0.2, 0.25) is 0 Å². The van der Waals surface area contributed by atoms with Crippen molar-refractivity contribution in [2.24, 2.45) is 5.92 Å². The molecule has 2 heterocycles. The first-order chi connectivity index (χ1) is 10.7. The molecule has 23 heavy (non-hydrogen) atoms. The van der Waals surface area contributed by atoms with E-state index in [1.54, 1.807) is 24.5 Å². The number of anilines is 1. The van der Waals surface area contributed by atoms with E-state index in [1.165, 1.54) is 0 Å². The van der Waals surface area contributed by atoms with Gasteiger partial charge in [-0.1, -0.05) is 0 Å². The first-order valence-electron chi connectivity index (χ1n) is 7.29. The monoisotopic (exact) mass is 334 g/mol. The van der Waals surface area contributed by atoms with Gasteiger partial charge in [0.15, 0.2) is 0 Å². The van der Waals surface area contributed by atoms with Crippen LogP contribution in [0.4, 0.5) is 5.69 Å². The maximum Gasteiger partial charge on any atom is 0.321 e. The number of hydrogen-bond acceptors (Lipinski definition) is 5. The van der Waals surface area contributed by atoms with E-state index in [0.29, 0.717) is 11.8 Å². The van der Waals surface area contributed by atoms with Crippen molar-refractivity contribution in [3.63, 3.8) is 0 Å². The lowest BCUT2D eigenvalue weighted by Crippen LogP contribution is -2.24. The smallest absolute Gasteiger partial charge is 0.321 e. The fourth-order valence-electron chi connectivity index (χ4n) is 2.40. The Bertz CT molecular complexity index is 660. The molecule has 1 amide bonds. The summed E-state index contributed by atoms with van der Waals surface area (Å²) >= 11 is 0. The van der Waals surface area contributed by atoms with Crippen LogP contribution < -0.4 is 15.4 Å². The lowest BCUT2D eigenvalue weighted by atomic mass is 10.1. The van der Waals surface area contributed by atoms with Crippen LogP contribution in [0.25, 0.3) is 0 Å². The zero-order valence-corrected chi connectivity index (χ0v) is 13.6. The van der Waals surface area contributed by atoms with Crippen molar-refractivity contribution in [2.45, 2.75) is 13.3 Å². The Balaban J connectivity index is 0.00000192. The number of benzene rings is 1. The van der Waals surface area contributed by atoms with Crippen molar-refractivity contribution in [3.8, 4) is 11.8 Å². The summed E-state index contributed by atoms with van der Waals surface area (Å²) in [5.41, 5.74) is 1.74. The van der Waals surface area contributed by atoms with Crippen LogP contribution in [0, 0.1) is 12.8 Å². The number of aryl methyl sites for hydroxylation is 1. The lowest BCUT2D eigenvalue weighted by Gasteiger charge is -2.13. The fourth-order valence-corrected chi connectivity index (χ4v) is 2.40. The first-order valence-corrected chi connectivity index (χ1v) is 7.29. The Kier molecular flexibility index (Phi) is 5.90. The van der Waals surface area contributed by atoms with Crippen molar-refractivity contribution >= 4 is 24.0 Å². The maximum absolute atomic E-state index is 12.1. The molecule has 0 radical (unpaired) electrons. The Morgan fingerprint density at radius 1 is 1.35 bits per heavy atom. The second-order valence-electron chi connectivity index (χ2n) is 5.29. The topological polar surface area (TPSA) is 76.1 Å². The molecule has 2 aromatic rings. The van der Waals surface area contributed by atoms with Crippen LogP contribution in [0.15, 0.2) is 36.7 Å². The minimum atomic E-state index is 0. The zero-order valence-electron chi connectivity index (χ0n) is 12.8. The molecule has 2 N–H and O–H groups in total. The van der Waals surface area contributed by atoms with E-state index < -0.39 is 0 Å². The van der Waals surface area contributed by atoms with E-state index in [-0.39, 0.29) is 24.2 Å². The molecule has 1 aliphatic rings. The minimum Gasteiger partial charge on any atom is -0.424 e. The van der Waals surface area contributed by atoms with Gasteiger partial charge in [-0.2, -0.15) is 0 Å². The SMILES string of the molecule is Cc1cc(Oc2ncccn2)ccc1NC(=O)C1CCNC1.Cl. The molecule has 1 unspecified atom stereocenters. The highest BCUT2D eigenvalue weighted by atomic mass is 35.5. The van der Waals surface area contributed by atoms with Crippen molar-refractivity contribution in [1.82, 2.24) is 15.3 Å². The number of amides is 1. The molecule has 7 heteroatoms. The first kappa shape index (κ1) is 17.2. The van der Waals surface area contributed by atoms with Gasteiger partial charge in [-0.3, -0.25) is 4.79 Å². The molecule has 1 aliphatic heterocycles. The van der Waals surface area contributed by atoms with E-state index >= 15 is 0 Å². The van der Waals surface area contributed by atoms with Crippen LogP contribution in [0.1, 0.15) is 12.0 Å². The van der Waals surface area contributed by atoms with Gasteiger partial charge in [0.25, 0.3) is 0 Å². The third-order valence-electron chi connectivity index (χ3n) is 3.64. The molecular formula is C16H19ClN4O2. The standard InChI is InChI=1S/C16H18N4O2.ClH/c1-11-9-13(22-16-18-6-2-7-19-16)3-4-14(11)20-15(21)12-5-8-17-10-12;/h2-4,6-7,9,12,17H,5,8,10H2,1H3,(H,20,21);1H. The van der Waals surface area contributed by atoms with Crippen molar-refractivity contribution in [3.05, 3.63) is 42.2 Å². The molecule has 1 fully saturated rings. The fraction of sp³-hybridized carbons (Fsp3) is 0.312.